The maximum Gasteiger partial charge on any atom is 0.161 e. The summed E-state index contributed by atoms with van der Waals surface area (Å²) in [6.07, 6.45) is 2.50. The highest BCUT2D eigenvalue weighted by molar-refractivity contribution is 5.42. The van der Waals surface area contributed by atoms with E-state index in [2.05, 4.69) is 16.7 Å². The second kappa shape index (κ2) is 6.61. The molecule has 1 fully saturated rings. The molecule has 1 aliphatic rings. The van der Waals surface area contributed by atoms with E-state index in [1.807, 2.05) is 12.1 Å². The van der Waals surface area contributed by atoms with Crippen LogP contribution in [0.5, 0.6) is 11.5 Å². The van der Waals surface area contributed by atoms with E-state index in [9.17, 15) is 0 Å². The predicted octanol–water partition coefficient (Wildman–Crippen LogP) is 1.55. The highest BCUT2D eigenvalue weighted by Gasteiger charge is 2.12. The molecule has 0 aromatic heterocycles. The highest BCUT2D eigenvalue weighted by atomic mass is 16.5. The molecule has 0 amide bonds. The first-order valence-electron chi connectivity index (χ1n) is 6.48. The minimum absolute atomic E-state index is 0.576. The van der Waals surface area contributed by atoms with Crippen LogP contribution in [-0.2, 0) is 6.54 Å². The largest absolute Gasteiger partial charge is 0.493 e. The van der Waals surface area contributed by atoms with Crippen molar-refractivity contribution in [3.05, 3.63) is 23.8 Å². The Labute approximate surface area is 109 Å². The van der Waals surface area contributed by atoms with Gasteiger partial charge in [-0.1, -0.05) is 6.07 Å². The standard InChI is InChI=1S/C14H22N2O2/c1-17-13-6-5-11(8-14(13)18-2)9-16-12-4-3-7-15-10-12/h5-6,8,12,15-16H,3-4,7,9-10H2,1-2H3. The Bertz CT molecular complexity index is 376. The third-order valence-electron chi connectivity index (χ3n) is 3.34. The average molecular weight is 250 g/mol. The lowest BCUT2D eigenvalue weighted by Crippen LogP contribution is -2.42. The van der Waals surface area contributed by atoms with Gasteiger partial charge >= 0.3 is 0 Å². The van der Waals surface area contributed by atoms with Gasteiger partial charge in [0.25, 0.3) is 0 Å². The van der Waals surface area contributed by atoms with E-state index in [0.29, 0.717) is 6.04 Å². The number of methoxy groups -OCH3 is 2. The van der Waals surface area contributed by atoms with Crippen LogP contribution in [0.25, 0.3) is 0 Å². The zero-order chi connectivity index (χ0) is 12.8. The first-order valence-corrected chi connectivity index (χ1v) is 6.48. The van der Waals surface area contributed by atoms with Crippen molar-refractivity contribution in [2.45, 2.75) is 25.4 Å². The summed E-state index contributed by atoms with van der Waals surface area (Å²) in [7, 11) is 3.32. The summed E-state index contributed by atoms with van der Waals surface area (Å²) >= 11 is 0. The predicted molar refractivity (Wildman–Crippen MR) is 72.3 cm³/mol. The van der Waals surface area contributed by atoms with Crippen molar-refractivity contribution in [2.24, 2.45) is 0 Å². The lowest BCUT2D eigenvalue weighted by Gasteiger charge is -2.24. The molecule has 1 aliphatic heterocycles. The molecule has 1 heterocycles. The number of benzene rings is 1. The van der Waals surface area contributed by atoms with E-state index in [1.165, 1.54) is 18.4 Å². The maximum absolute atomic E-state index is 5.30. The lowest BCUT2D eigenvalue weighted by molar-refractivity contribution is 0.353. The van der Waals surface area contributed by atoms with Crippen LogP contribution in [0.3, 0.4) is 0 Å². The van der Waals surface area contributed by atoms with Gasteiger partial charge in [-0.2, -0.15) is 0 Å². The van der Waals surface area contributed by atoms with E-state index in [-0.39, 0.29) is 0 Å². The van der Waals surface area contributed by atoms with Gasteiger partial charge in [-0.25, -0.2) is 0 Å². The van der Waals surface area contributed by atoms with Gasteiger partial charge in [0, 0.05) is 19.1 Å². The molecule has 1 aromatic rings. The molecule has 1 unspecified atom stereocenters. The van der Waals surface area contributed by atoms with Gasteiger partial charge in [-0.05, 0) is 37.1 Å². The molecule has 2 rings (SSSR count). The molecule has 1 saturated heterocycles. The fourth-order valence-corrected chi connectivity index (χ4v) is 2.28. The molecule has 4 nitrogen and oxygen atoms in total. The molecule has 0 aliphatic carbocycles. The van der Waals surface area contributed by atoms with E-state index < -0.39 is 0 Å². The molecule has 1 aromatic carbocycles. The number of ether oxygens (including phenoxy) is 2. The zero-order valence-electron chi connectivity index (χ0n) is 11.2. The van der Waals surface area contributed by atoms with Crippen LogP contribution in [0.1, 0.15) is 18.4 Å². The van der Waals surface area contributed by atoms with Crippen molar-refractivity contribution in [1.29, 1.82) is 0 Å². The molecular weight excluding hydrogens is 228 g/mol. The Morgan fingerprint density at radius 2 is 2.11 bits per heavy atom. The van der Waals surface area contributed by atoms with Gasteiger partial charge in [-0.3, -0.25) is 0 Å². The fourth-order valence-electron chi connectivity index (χ4n) is 2.28. The molecule has 4 heteroatoms. The normalized spacial score (nSPS) is 19.6. The van der Waals surface area contributed by atoms with Gasteiger partial charge in [-0.15, -0.1) is 0 Å². The SMILES string of the molecule is COc1ccc(CNC2CCCNC2)cc1OC. The molecule has 2 N–H and O–H groups in total. The Kier molecular flexibility index (Phi) is 4.84. The summed E-state index contributed by atoms with van der Waals surface area (Å²) < 4.78 is 10.5. The van der Waals surface area contributed by atoms with Crippen LogP contribution in [0, 0.1) is 0 Å². The Morgan fingerprint density at radius 1 is 1.28 bits per heavy atom. The molecule has 100 valence electrons. The number of hydrogen-bond donors (Lipinski definition) is 2. The minimum Gasteiger partial charge on any atom is -0.493 e. The molecule has 0 saturated carbocycles. The minimum atomic E-state index is 0.576. The average Bonchev–Trinajstić information content (AvgIpc) is 2.45. The maximum atomic E-state index is 5.30. The lowest BCUT2D eigenvalue weighted by atomic mass is 10.1. The van der Waals surface area contributed by atoms with Crippen LogP contribution in [-0.4, -0.2) is 33.4 Å². The monoisotopic (exact) mass is 250 g/mol. The molecule has 0 bridgehead atoms. The number of hydrogen-bond acceptors (Lipinski definition) is 4. The van der Waals surface area contributed by atoms with Crippen LogP contribution >= 0.6 is 0 Å². The van der Waals surface area contributed by atoms with Crippen molar-refractivity contribution < 1.29 is 9.47 Å². The summed E-state index contributed by atoms with van der Waals surface area (Å²) in [5.41, 5.74) is 1.22. The molecule has 1 atom stereocenters. The summed E-state index contributed by atoms with van der Waals surface area (Å²) in [6, 6.07) is 6.63. The van der Waals surface area contributed by atoms with Crippen molar-refractivity contribution >= 4 is 0 Å². The summed E-state index contributed by atoms with van der Waals surface area (Å²) in [5.74, 6) is 1.57. The van der Waals surface area contributed by atoms with Gasteiger partial charge in [0.2, 0.25) is 0 Å². The van der Waals surface area contributed by atoms with E-state index in [1.54, 1.807) is 14.2 Å². The van der Waals surface area contributed by atoms with Gasteiger partial charge in [0.05, 0.1) is 14.2 Å². The van der Waals surface area contributed by atoms with Crippen LogP contribution < -0.4 is 20.1 Å². The van der Waals surface area contributed by atoms with Gasteiger partial charge < -0.3 is 20.1 Å². The first-order chi connectivity index (χ1) is 8.83. The van der Waals surface area contributed by atoms with Crippen molar-refractivity contribution in [3.8, 4) is 11.5 Å². The van der Waals surface area contributed by atoms with Crippen LogP contribution in [0.4, 0.5) is 0 Å². The topological polar surface area (TPSA) is 42.5 Å². The van der Waals surface area contributed by atoms with Gasteiger partial charge in [0.1, 0.15) is 0 Å². The van der Waals surface area contributed by atoms with Gasteiger partial charge in [0.15, 0.2) is 11.5 Å². The summed E-state index contributed by atoms with van der Waals surface area (Å²) in [6.45, 7) is 3.08. The second-order valence-corrected chi connectivity index (χ2v) is 4.61. The van der Waals surface area contributed by atoms with Crippen molar-refractivity contribution in [2.75, 3.05) is 27.3 Å². The molecular formula is C14H22N2O2. The Morgan fingerprint density at radius 3 is 2.78 bits per heavy atom. The van der Waals surface area contributed by atoms with Crippen LogP contribution in [0.15, 0.2) is 18.2 Å². The second-order valence-electron chi connectivity index (χ2n) is 4.61. The third-order valence-corrected chi connectivity index (χ3v) is 3.34. The van der Waals surface area contributed by atoms with Crippen molar-refractivity contribution in [1.82, 2.24) is 10.6 Å². The smallest absolute Gasteiger partial charge is 0.161 e. The van der Waals surface area contributed by atoms with E-state index in [0.717, 1.165) is 31.1 Å². The highest BCUT2D eigenvalue weighted by Crippen LogP contribution is 2.27. The van der Waals surface area contributed by atoms with Crippen molar-refractivity contribution in [3.63, 3.8) is 0 Å². The Balaban J connectivity index is 1.92. The fraction of sp³-hybridized carbons (Fsp3) is 0.571. The number of rotatable bonds is 5. The molecule has 18 heavy (non-hydrogen) atoms. The summed E-state index contributed by atoms with van der Waals surface area (Å²) in [4.78, 5) is 0. The third kappa shape index (κ3) is 3.37. The molecule has 0 spiro atoms. The van der Waals surface area contributed by atoms with E-state index in [4.69, 9.17) is 9.47 Å². The Hall–Kier alpha value is -1.26. The quantitative estimate of drug-likeness (QED) is 0.832. The molecule has 0 radical (unpaired) electrons. The zero-order valence-corrected chi connectivity index (χ0v) is 11.2. The van der Waals surface area contributed by atoms with E-state index >= 15 is 0 Å². The number of nitrogens with one attached hydrogen (secondary N) is 2. The first kappa shape index (κ1) is 13.2. The summed E-state index contributed by atoms with van der Waals surface area (Å²) in [5, 5.41) is 6.97. The number of piperidine rings is 1. The van der Waals surface area contributed by atoms with Crippen LogP contribution in [0.2, 0.25) is 0 Å².